The third kappa shape index (κ3) is 7.09. The number of nitrogens with one attached hydrogen (secondary N) is 2. The Balaban J connectivity index is 1.78. The number of amides is 3. The van der Waals surface area contributed by atoms with Gasteiger partial charge in [-0.25, -0.2) is 28.3 Å². The molecule has 10 nitrogen and oxygen atoms in total. The molecule has 1 aliphatic heterocycles. The van der Waals surface area contributed by atoms with Gasteiger partial charge >= 0.3 is 18.2 Å². The van der Waals surface area contributed by atoms with Gasteiger partial charge in [0.15, 0.2) is 6.23 Å². The molecule has 3 N–H and O–H groups in total. The van der Waals surface area contributed by atoms with Crippen molar-refractivity contribution in [3.05, 3.63) is 65.0 Å². The fraction of sp³-hybridized carbons (Fsp3) is 0.385. The van der Waals surface area contributed by atoms with Crippen molar-refractivity contribution in [2.24, 2.45) is 0 Å². The number of carbonyl (C=O) groups is 3. The zero-order valence-electron chi connectivity index (χ0n) is 22.4. The molecular formula is C26H28F5N5O5. The largest absolute Gasteiger partial charge is 0.467 e. The number of nitrogens with zero attached hydrogens (tertiary/aromatic N) is 3. The highest BCUT2D eigenvalue weighted by molar-refractivity contribution is 5.97. The van der Waals surface area contributed by atoms with E-state index in [9.17, 15) is 41.4 Å². The molecule has 1 unspecified atom stereocenters. The average Bonchev–Trinajstić information content (AvgIpc) is 2.89. The number of allylic oxidation sites excluding steroid dienone is 1. The van der Waals surface area contributed by atoms with Gasteiger partial charge in [-0.3, -0.25) is 4.79 Å². The summed E-state index contributed by atoms with van der Waals surface area (Å²) in [6, 6.07) is -0.0922. The molecule has 3 amide bonds. The number of esters is 1. The Bertz CT molecular complexity index is 1310. The van der Waals surface area contributed by atoms with E-state index in [1.165, 1.54) is 43.3 Å². The van der Waals surface area contributed by atoms with Crippen LogP contribution in [0.4, 0.5) is 38.3 Å². The number of carbonyl (C=O) groups excluding carboxylic acids is 3. The van der Waals surface area contributed by atoms with Crippen molar-refractivity contribution in [2.75, 3.05) is 24.4 Å². The van der Waals surface area contributed by atoms with Crippen molar-refractivity contribution in [2.45, 2.75) is 51.2 Å². The number of aromatic nitrogens is 1. The SMILES string of the molecule is CC[C@@H](Nc1cc(F)c(C(=O)N[C@@H](Cc2ccc(N3C(=O)N(C)C(C)=CC3O)nc2)C(=O)OC)c(F)c1)C(F)(F)F. The predicted octanol–water partition coefficient (Wildman–Crippen LogP) is 3.72. The Morgan fingerprint density at radius 1 is 1.20 bits per heavy atom. The number of halogens is 5. The molecule has 1 aromatic carbocycles. The number of hydrogen-bond acceptors (Lipinski definition) is 7. The number of pyridine rings is 1. The van der Waals surface area contributed by atoms with E-state index in [0.717, 1.165) is 12.0 Å². The Hall–Kier alpha value is -4.27. The average molecular weight is 586 g/mol. The van der Waals surface area contributed by atoms with Crippen molar-refractivity contribution < 1.29 is 46.2 Å². The third-order valence-electron chi connectivity index (χ3n) is 6.38. The van der Waals surface area contributed by atoms with Crippen LogP contribution in [-0.2, 0) is 16.0 Å². The number of urea groups is 1. The fourth-order valence-electron chi connectivity index (χ4n) is 4.03. The Morgan fingerprint density at radius 2 is 1.83 bits per heavy atom. The molecule has 0 saturated heterocycles. The molecular weight excluding hydrogens is 557 g/mol. The van der Waals surface area contributed by atoms with E-state index in [1.54, 1.807) is 6.92 Å². The molecule has 3 rings (SSSR count). The molecule has 2 aromatic rings. The number of hydrogen-bond donors (Lipinski definition) is 3. The van der Waals surface area contributed by atoms with E-state index in [-0.39, 0.29) is 12.2 Å². The minimum Gasteiger partial charge on any atom is -0.467 e. The minimum atomic E-state index is -4.67. The van der Waals surface area contributed by atoms with E-state index >= 15 is 0 Å². The molecule has 2 heterocycles. The first kappa shape index (κ1) is 31.3. The molecule has 0 saturated carbocycles. The summed E-state index contributed by atoms with van der Waals surface area (Å²) in [7, 11) is 2.55. The number of ether oxygens (including phenoxy) is 1. The van der Waals surface area contributed by atoms with Crippen LogP contribution in [0.1, 0.15) is 36.2 Å². The summed E-state index contributed by atoms with van der Waals surface area (Å²) in [4.78, 5) is 44.2. The van der Waals surface area contributed by atoms with Gasteiger partial charge in [-0.05, 0) is 43.2 Å². The van der Waals surface area contributed by atoms with Crippen molar-refractivity contribution in [3.8, 4) is 0 Å². The number of methoxy groups -OCH3 is 1. The monoisotopic (exact) mass is 585 g/mol. The van der Waals surface area contributed by atoms with Crippen LogP contribution in [0.3, 0.4) is 0 Å². The summed E-state index contributed by atoms with van der Waals surface area (Å²) >= 11 is 0. The van der Waals surface area contributed by atoms with E-state index in [1.807, 2.05) is 5.32 Å². The van der Waals surface area contributed by atoms with Gasteiger partial charge in [0.05, 0.1) is 7.11 Å². The summed E-state index contributed by atoms with van der Waals surface area (Å²) in [5.74, 6) is -5.11. The molecule has 0 radical (unpaired) electrons. The quantitative estimate of drug-likeness (QED) is 0.303. The molecule has 15 heteroatoms. The maximum absolute atomic E-state index is 14.7. The summed E-state index contributed by atoms with van der Waals surface area (Å²) in [5.41, 5.74) is -0.743. The van der Waals surface area contributed by atoms with Crippen molar-refractivity contribution in [1.29, 1.82) is 0 Å². The first-order valence-corrected chi connectivity index (χ1v) is 12.3. The molecule has 3 atom stereocenters. The van der Waals surface area contributed by atoms with Crippen molar-refractivity contribution in [3.63, 3.8) is 0 Å². The second kappa shape index (κ2) is 12.5. The summed E-state index contributed by atoms with van der Waals surface area (Å²) in [5, 5.41) is 14.5. The minimum absolute atomic E-state index is 0.0918. The highest BCUT2D eigenvalue weighted by Gasteiger charge is 2.38. The van der Waals surface area contributed by atoms with E-state index in [4.69, 9.17) is 0 Å². The predicted molar refractivity (Wildman–Crippen MR) is 137 cm³/mol. The van der Waals surface area contributed by atoms with Gasteiger partial charge in [0.2, 0.25) is 0 Å². The van der Waals surface area contributed by atoms with Crippen LogP contribution < -0.4 is 15.5 Å². The molecule has 0 fully saturated rings. The second-order valence-corrected chi connectivity index (χ2v) is 9.17. The lowest BCUT2D eigenvalue weighted by Crippen LogP contribution is -2.50. The second-order valence-electron chi connectivity index (χ2n) is 9.17. The Labute approximate surface area is 231 Å². The number of anilines is 2. The lowest BCUT2D eigenvalue weighted by Gasteiger charge is -2.35. The molecule has 222 valence electrons. The van der Waals surface area contributed by atoms with Crippen LogP contribution >= 0.6 is 0 Å². The van der Waals surface area contributed by atoms with Crippen LogP contribution in [-0.4, -0.2) is 71.5 Å². The van der Waals surface area contributed by atoms with Gasteiger partial charge in [0, 0.05) is 31.0 Å². The van der Waals surface area contributed by atoms with Crippen molar-refractivity contribution >= 4 is 29.4 Å². The molecule has 1 aliphatic rings. The Kier molecular flexibility index (Phi) is 9.53. The number of aliphatic hydroxyl groups is 1. The summed E-state index contributed by atoms with van der Waals surface area (Å²) in [6.45, 7) is 2.89. The van der Waals surface area contributed by atoms with Gasteiger partial charge in [-0.15, -0.1) is 0 Å². The summed E-state index contributed by atoms with van der Waals surface area (Å²) in [6.07, 6.45) is -3.88. The topological polar surface area (TPSA) is 124 Å². The number of benzene rings is 1. The van der Waals surface area contributed by atoms with Crippen molar-refractivity contribution in [1.82, 2.24) is 15.2 Å². The fourth-order valence-corrected chi connectivity index (χ4v) is 4.03. The van der Waals surface area contributed by atoms with Gasteiger partial charge in [-0.2, -0.15) is 13.2 Å². The molecule has 0 aliphatic carbocycles. The first-order chi connectivity index (χ1) is 19.2. The third-order valence-corrected chi connectivity index (χ3v) is 6.38. The normalized spacial score (nSPS) is 17.1. The van der Waals surface area contributed by atoms with E-state index < -0.39 is 71.7 Å². The van der Waals surface area contributed by atoms with Gasteiger partial charge < -0.3 is 25.4 Å². The first-order valence-electron chi connectivity index (χ1n) is 12.3. The summed E-state index contributed by atoms with van der Waals surface area (Å²) < 4.78 is 73.2. The van der Waals surface area contributed by atoms with Crippen LogP contribution in [0.5, 0.6) is 0 Å². The molecule has 1 aromatic heterocycles. The zero-order chi connectivity index (χ0) is 30.6. The smallest absolute Gasteiger partial charge is 0.408 e. The van der Waals surface area contributed by atoms with E-state index in [2.05, 4.69) is 15.0 Å². The van der Waals surface area contributed by atoms with Gasteiger partial charge in [0.25, 0.3) is 5.91 Å². The standard InChI is InChI=1S/C26H28F5N5O5/c1-5-19(26(29,30)31)33-15-10-16(27)22(17(28)11-15)23(38)34-18(24(39)41-4)9-14-6-7-20(32-12-14)36-21(37)8-13(2)35(3)25(36)40/h6-8,10-12,18-19,21,33,37H,5,9H2,1-4H3,(H,34,38)/t18-,19+,21?/m0/s1. The highest BCUT2D eigenvalue weighted by Crippen LogP contribution is 2.28. The number of alkyl halides is 3. The van der Waals surface area contributed by atoms with Crippen LogP contribution in [0.2, 0.25) is 0 Å². The zero-order valence-corrected chi connectivity index (χ0v) is 22.4. The highest BCUT2D eigenvalue weighted by atomic mass is 19.4. The number of aliphatic hydroxyl groups excluding tert-OH is 1. The molecule has 0 bridgehead atoms. The maximum atomic E-state index is 14.7. The number of rotatable bonds is 9. The van der Waals surface area contributed by atoms with E-state index in [0.29, 0.717) is 23.4 Å². The lowest BCUT2D eigenvalue weighted by molar-refractivity contribution is -0.143. The van der Waals surface area contributed by atoms with Crippen LogP contribution in [0.25, 0.3) is 0 Å². The maximum Gasteiger partial charge on any atom is 0.408 e. The van der Waals surface area contributed by atoms with Crippen LogP contribution in [0, 0.1) is 11.6 Å². The Morgan fingerprint density at radius 3 is 2.34 bits per heavy atom. The van der Waals surface area contributed by atoms with Crippen LogP contribution in [0.15, 0.2) is 42.2 Å². The lowest BCUT2D eigenvalue weighted by atomic mass is 10.1. The molecule has 0 spiro atoms. The van der Waals surface area contributed by atoms with Gasteiger partial charge in [0.1, 0.15) is 35.1 Å². The van der Waals surface area contributed by atoms with Gasteiger partial charge in [-0.1, -0.05) is 13.0 Å². The molecule has 41 heavy (non-hydrogen) atoms.